The first-order valence-electron chi connectivity index (χ1n) is 12.1. The lowest BCUT2D eigenvalue weighted by Gasteiger charge is -2.24. The number of esters is 2. The molecule has 0 fully saturated rings. The summed E-state index contributed by atoms with van der Waals surface area (Å²) < 4.78 is 47.0. The number of fused-ring (bicyclic) bond motifs is 1. The van der Waals surface area contributed by atoms with Crippen LogP contribution < -0.4 is 5.32 Å². The molecule has 0 radical (unpaired) electrons. The number of nitrogens with one attached hydrogen (secondary N) is 1. The van der Waals surface area contributed by atoms with Gasteiger partial charge in [-0.2, -0.15) is 8.42 Å². The number of hydrogen-bond acceptors (Lipinski definition) is 12. The molecule has 218 valence electrons. The van der Waals surface area contributed by atoms with Crippen LogP contribution in [-0.2, 0) is 44.5 Å². The SMILES string of the molecule is CC(C)(C)OC(=O)C(=O)Nc1sc2c(c1C(=O)OC(C)(C)C)CCOC2COS(=O)(=O)c1ccc([N+](=O)[O-])cc1. The van der Waals surface area contributed by atoms with Crippen LogP contribution in [0.1, 0.15) is 68.4 Å². The number of thiophene rings is 1. The number of benzene rings is 1. The van der Waals surface area contributed by atoms with Crippen molar-refractivity contribution in [3.05, 3.63) is 50.4 Å². The largest absolute Gasteiger partial charge is 0.456 e. The molecule has 13 nitrogen and oxygen atoms in total. The topological polar surface area (TPSA) is 177 Å². The van der Waals surface area contributed by atoms with E-state index in [4.69, 9.17) is 18.4 Å². The maximum Gasteiger partial charge on any atom is 0.397 e. The second-order valence-electron chi connectivity index (χ2n) is 10.7. The monoisotopic (exact) mass is 598 g/mol. The van der Waals surface area contributed by atoms with Crippen LogP contribution >= 0.6 is 11.3 Å². The van der Waals surface area contributed by atoms with Crippen molar-refractivity contribution >= 4 is 50.0 Å². The number of nitro benzene ring substituents is 1. The summed E-state index contributed by atoms with van der Waals surface area (Å²) in [6.45, 7) is 9.43. The summed E-state index contributed by atoms with van der Waals surface area (Å²) in [6.07, 6.45) is -0.705. The van der Waals surface area contributed by atoms with Gasteiger partial charge in [0.1, 0.15) is 22.3 Å². The third-order valence-electron chi connectivity index (χ3n) is 5.13. The Morgan fingerprint density at radius 2 is 1.68 bits per heavy atom. The van der Waals surface area contributed by atoms with E-state index in [0.29, 0.717) is 10.4 Å². The molecule has 1 aromatic heterocycles. The zero-order chi connectivity index (χ0) is 30.0. The lowest BCUT2D eigenvalue weighted by atomic mass is 10.0. The first-order chi connectivity index (χ1) is 18.4. The van der Waals surface area contributed by atoms with Crippen molar-refractivity contribution in [1.29, 1.82) is 0 Å². The molecular weight excluding hydrogens is 568 g/mol. The quantitative estimate of drug-likeness (QED) is 0.161. The van der Waals surface area contributed by atoms with Crippen LogP contribution in [0.4, 0.5) is 10.7 Å². The number of rotatable bonds is 7. The summed E-state index contributed by atoms with van der Waals surface area (Å²) in [5.41, 5.74) is -1.59. The first kappa shape index (κ1) is 31.1. The molecule has 2 aromatic rings. The number of hydrogen-bond donors (Lipinski definition) is 1. The molecule has 1 atom stereocenters. The van der Waals surface area contributed by atoms with Crippen molar-refractivity contribution in [3.63, 3.8) is 0 Å². The van der Waals surface area contributed by atoms with Gasteiger partial charge in [-0.05, 0) is 65.7 Å². The molecule has 0 aliphatic carbocycles. The minimum absolute atomic E-state index is 0.0174. The standard InChI is InChI=1S/C25H30N2O11S2/c1-24(2,3)37-22(29)18-16-11-12-35-17(13-36-40(33,34)15-9-7-14(8-10-15)27(31)32)19(16)39-21(18)26-20(28)23(30)38-25(4,5)6/h7-10,17H,11-13H2,1-6H3,(H,26,28). The zero-order valence-electron chi connectivity index (χ0n) is 22.8. The van der Waals surface area contributed by atoms with Crippen molar-refractivity contribution in [2.45, 2.75) is 70.2 Å². The Morgan fingerprint density at radius 1 is 1.07 bits per heavy atom. The van der Waals surface area contributed by atoms with E-state index in [1.807, 2.05) is 0 Å². The molecule has 0 saturated heterocycles. The van der Waals surface area contributed by atoms with Gasteiger partial charge in [0.25, 0.3) is 15.8 Å². The van der Waals surface area contributed by atoms with Crippen molar-refractivity contribution in [2.24, 2.45) is 0 Å². The van der Waals surface area contributed by atoms with Gasteiger partial charge in [0.2, 0.25) is 0 Å². The molecule has 0 spiro atoms. The summed E-state index contributed by atoms with van der Waals surface area (Å²) in [6, 6.07) is 4.18. The molecule has 3 rings (SSSR count). The van der Waals surface area contributed by atoms with Crippen LogP contribution in [0.15, 0.2) is 29.2 Å². The zero-order valence-corrected chi connectivity index (χ0v) is 24.4. The van der Waals surface area contributed by atoms with Gasteiger partial charge in [0.05, 0.1) is 28.6 Å². The molecular formula is C25H30N2O11S2. The Balaban J connectivity index is 1.91. The fourth-order valence-corrected chi connectivity index (χ4v) is 5.73. The number of ether oxygens (including phenoxy) is 3. The molecule has 1 aliphatic heterocycles. The van der Waals surface area contributed by atoms with Crippen LogP contribution in [0.3, 0.4) is 0 Å². The smallest absolute Gasteiger partial charge is 0.397 e. The Hall–Kier alpha value is -3.40. The highest BCUT2D eigenvalue weighted by molar-refractivity contribution is 7.86. The minimum atomic E-state index is -4.32. The first-order valence-corrected chi connectivity index (χ1v) is 14.3. The summed E-state index contributed by atoms with van der Waals surface area (Å²) in [5, 5.41) is 13.3. The highest BCUT2D eigenvalue weighted by Gasteiger charge is 2.36. The summed E-state index contributed by atoms with van der Waals surface area (Å²) in [7, 11) is -4.32. The van der Waals surface area contributed by atoms with E-state index in [0.717, 1.165) is 35.6 Å². The molecule has 1 amide bonds. The molecule has 0 bridgehead atoms. The van der Waals surface area contributed by atoms with E-state index in [1.165, 1.54) is 0 Å². The Bertz CT molecular complexity index is 1420. The fraction of sp³-hybridized carbons (Fsp3) is 0.480. The lowest BCUT2D eigenvalue weighted by Crippen LogP contribution is -2.33. The van der Waals surface area contributed by atoms with E-state index in [-0.39, 0.29) is 34.2 Å². The van der Waals surface area contributed by atoms with Gasteiger partial charge in [-0.15, -0.1) is 11.3 Å². The predicted molar refractivity (Wildman–Crippen MR) is 143 cm³/mol. The minimum Gasteiger partial charge on any atom is -0.456 e. The highest BCUT2D eigenvalue weighted by atomic mass is 32.2. The van der Waals surface area contributed by atoms with Crippen LogP contribution in [0.25, 0.3) is 0 Å². The van der Waals surface area contributed by atoms with Crippen LogP contribution in [0.5, 0.6) is 0 Å². The Kier molecular flexibility index (Phi) is 9.03. The normalized spacial score (nSPS) is 15.6. The summed E-state index contributed by atoms with van der Waals surface area (Å²) in [4.78, 5) is 48.4. The highest BCUT2D eigenvalue weighted by Crippen LogP contribution is 2.42. The maximum atomic E-state index is 13.2. The second-order valence-corrected chi connectivity index (χ2v) is 13.4. The van der Waals surface area contributed by atoms with E-state index in [9.17, 15) is 32.9 Å². The molecule has 40 heavy (non-hydrogen) atoms. The Labute approximate surface area is 235 Å². The molecule has 15 heteroatoms. The van der Waals surface area contributed by atoms with Crippen molar-refractivity contribution in [1.82, 2.24) is 0 Å². The number of nitro groups is 1. The van der Waals surface area contributed by atoms with Gasteiger partial charge >= 0.3 is 17.8 Å². The Morgan fingerprint density at radius 3 is 2.23 bits per heavy atom. The fourth-order valence-electron chi connectivity index (χ4n) is 3.56. The van der Waals surface area contributed by atoms with E-state index < -0.39 is 56.8 Å². The van der Waals surface area contributed by atoms with E-state index in [2.05, 4.69) is 5.32 Å². The van der Waals surface area contributed by atoms with Crippen LogP contribution in [-0.4, -0.2) is 55.6 Å². The van der Waals surface area contributed by atoms with Crippen LogP contribution in [0.2, 0.25) is 0 Å². The third-order valence-corrected chi connectivity index (χ3v) is 7.66. The number of anilines is 1. The van der Waals surface area contributed by atoms with Crippen molar-refractivity contribution in [3.8, 4) is 0 Å². The second kappa shape index (κ2) is 11.6. The van der Waals surface area contributed by atoms with Gasteiger partial charge in [-0.1, -0.05) is 0 Å². The summed E-state index contributed by atoms with van der Waals surface area (Å²) in [5.74, 6) is -3.00. The van der Waals surface area contributed by atoms with Crippen molar-refractivity contribution < 1.29 is 46.1 Å². The molecule has 0 saturated carbocycles. The number of amides is 1. The molecule has 2 heterocycles. The van der Waals surface area contributed by atoms with E-state index >= 15 is 0 Å². The lowest BCUT2D eigenvalue weighted by molar-refractivity contribution is -0.384. The number of carbonyl (C=O) groups excluding carboxylic acids is 3. The average Bonchev–Trinajstić information content (AvgIpc) is 3.19. The van der Waals surface area contributed by atoms with Gasteiger partial charge in [-0.3, -0.25) is 19.1 Å². The molecule has 1 aromatic carbocycles. The third kappa shape index (κ3) is 7.84. The average molecular weight is 599 g/mol. The number of nitrogens with zero attached hydrogens (tertiary/aromatic N) is 1. The van der Waals surface area contributed by atoms with Gasteiger partial charge in [0.15, 0.2) is 0 Å². The van der Waals surface area contributed by atoms with Crippen molar-refractivity contribution in [2.75, 3.05) is 18.5 Å². The van der Waals surface area contributed by atoms with Crippen LogP contribution in [0, 0.1) is 10.1 Å². The van der Waals surface area contributed by atoms with Gasteiger partial charge < -0.3 is 19.5 Å². The molecule has 1 N–H and O–H groups in total. The number of carbonyl (C=O) groups is 3. The molecule has 1 aliphatic rings. The maximum absolute atomic E-state index is 13.2. The van der Waals surface area contributed by atoms with Gasteiger partial charge in [-0.25, -0.2) is 9.59 Å². The van der Waals surface area contributed by atoms with E-state index in [1.54, 1.807) is 41.5 Å². The molecule has 1 unspecified atom stereocenters. The predicted octanol–water partition coefficient (Wildman–Crippen LogP) is 3.91. The van der Waals surface area contributed by atoms with Gasteiger partial charge in [0, 0.05) is 17.0 Å². The summed E-state index contributed by atoms with van der Waals surface area (Å²) >= 11 is 0.924. The number of non-ortho nitro benzene ring substituents is 1.